The van der Waals surface area contributed by atoms with E-state index in [0.29, 0.717) is 5.75 Å². The molecule has 0 radical (unpaired) electrons. The third kappa shape index (κ3) is 2.98. The van der Waals surface area contributed by atoms with Crippen molar-refractivity contribution in [1.29, 1.82) is 0 Å². The zero-order chi connectivity index (χ0) is 19.0. The maximum atomic E-state index is 12.8. The van der Waals surface area contributed by atoms with E-state index in [0.717, 1.165) is 16.9 Å². The lowest BCUT2D eigenvalue weighted by Gasteiger charge is -2.39. The lowest BCUT2D eigenvalue weighted by atomic mass is 10.2. The van der Waals surface area contributed by atoms with Gasteiger partial charge in [-0.05, 0) is 43.0 Å². The number of hydrogen-bond donors (Lipinski definition) is 0. The summed E-state index contributed by atoms with van der Waals surface area (Å²) in [6, 6.07) is 17.3. The van der Waals surface area contributed by atoms with Gasteiger partial charge >= 0.3 is 5.97 Å². The van der Waals surface area contributed by atoms with E-state index in [1.54, 1.807) is 9.91 Å². The van der Waals surface area contributed by atoms with E-state index in [-0.39, 0.29) is 11.0 Å². The van der Waals surface area contributed by atoms with Gasteiger partial charge < -0.3 is 4.74 Å². The number of thioether (sulfide) groups is 2. The van der Waals surface area contributed by atoms with E-state index >= 15 is 0 Å². The van der Waals surface area contributed by atoms with Crippen molar-refractivity contribution in [3.8, 4) is 0 Å². The molecule has 1 spiro atoms. The molecule has 8 heteroatoms. The predicted molar refractivity (Wildman–Crippen MR) is 110 cm³/mol. The molecular weight excluding hydrogens is 382 g/mol. The molecule has 2 aliphatic heterocycles. The van der Waals surface area contributed by atoms with E-state index in [4.69, 9.17) is 4.74 Å². The zero-order valence-corrected chi connectivity index (χ0v) is 16.4. The van der Waals surface area contributed by atoms with Crippen LogP contribution in [0.1, 0.15) is 5.56 Å². The molecule has 2 aliphatic rings. The highest BCUT2D eigenvalue weighted by atomic mass is 32.2. The molecule has 138 valence electrons. The lowest BCUT2D eigenvalue weighted by Crippen LogP contribution is -2.51. The van der Waals surface area contributed by atoms with Crippen molar-refractivity contribution in [2.75, 3.05) is 22.8 Å². The number of nitrogens with zero attached hydrogens (tertiary/aromatic N) is 3. The van der Waals surface area contributed by atoms with Crippen LogP contribution >= 0.6 is 23.5 Å². The second kappa shape index (κ2) is 6.94. The summed E-state index contributed by atoms with van der Waals surface area (Å²) in [5, 5.41) is 6.49. The molecule has 0 aliphatic carbocycles. The number of para-hydroxylation sites is 1. The molecule has 2 aromatic carbocycles. The highest BCUT2D eigenvalue weighted by molar-refractivity contribution is 8.28. The molecule has 0 bridgehead atoms. The molecule has 0 N–H and O–H groups in total. The SMILES string of the molecule is COC(=O)C1=NN(c2ccc(C)cc2)[C@@]2(SCC(=O)N2c2ccccc2)S1. The number of hydrazone groups is 1. The molecule has 0 aromatic heterocycles. The quantitative estimate of drug-likeness (QED) is 0.737. The summed E-state index contributed by atoms with van der Waals surface area (Å²) in [5.41, 5.74) is 2.68. The summed E-state index contributed by atoms with van der Waals surface area (Å²) in [7, 11) is 1.33. The standard InChI is InChI=1S/C19H17N3O3S2/c1-13-8-10-15(11-9-13)22-19(27-17(20-22)18(24)25-2)21(16(23)12-26-19)14-6-4-3-5-7-14/h3-11H,12H2,1-2H3/t19-/m0/s1. The van der Waals surface area contributed by atoms with Crippen molar-refractivity contribution in [3.63, 3.8) is 0 Å². The molecule has 27 heavy (non-hydrogen) atoms. The van der Waals surface area contributed by atoms with E-state index in [9.17, 15) is 9.59 Å². The predicted octanol–water partition coefficient (Wildman–Crippen LogP) is 3.43. The van der Waals surface area contributed by atoms with Crippen LogP contribution in [0, 0.1) is 6.92 Å². The highest BCUT2D eigenvalue weighted by Crippen LogP contribution is 2.55. The van der Waals surface area contributed by atoms with Gasteiger partial charge in [0.05, 0.1) is 18.6 Å². The van der Waals surface area contributed by atoms with Gasteiger partial charge in [-0.3, -0.25) is 9.69 Å². The highest BCUT2D eigenvalue weighted by Gasteiger charge is 2.58. The normalized spacial score (nSPS) is 21.7. The first kappa shape index (κ1) is 17.9. The number of hydrogen-bond acceptors (Lipinski definition) is 7. The van der Waals surface area contributed by atoms with E-state index in [1.807, 2.05) is 61.5 Å². The Kier molecular flexibility index (Phi) is 4.61. The van der Waals surface area contributed by atoms with Crippen molar-refractivity contribution in [2.24, 2.45) is 5.10 Å². The van der Waals surface area contributed by atoms with Crippen LogP contribution in [-0.4, -0.2) is 34.1 Å². The Morgan fingerprint density at radius 2 is 1.81 bits per heavy atom. The van der Waals surface area contributed by atoms with E-state index in [1.165, 1.54) is 30.6 Å². The van der Waals surface area contributed by atoms with Gasteiger partial charge in [0.1, 0.15) is 0 Å². The summed E-state index contributed by atoms with van der Waals surface area (Å²) >= 11 is 2.68. The molecule has 1 amide bonds. The summed E-state index contributed by atoms with van der Waals surface area (Å²) in [4.78, 5) is 26.7. The van der Waals surface area contributed by atoms with Gasteiger partial charge in [0.15, 0.2) is 0 Å². The molecule has 1 fully saturated rings. The Hall–Kier alpha value is -2.45. The Bertz CT molecular complexity index is 918. The fourth-order valence-electron chi connectivity index (χ4n) is 2.98. The Labute approximate surface area is 165 Å². The molecule has 2 heterocycles. The van der Waals surface area contributed by atoms with Crippen LogP contribution in [0.2, 0.25) is 0 Å². The average molecular weight is 399 g/mol. The number of esters is 1. The minimum absolute atomic E-state index is 0.0304. The van der Waals surface area contributed by atoms with E-state index in [2.05, 4.69) is 5.10 Å². The van der Waals surface area contributed by atoms with Gasteiger partial charge in [0.25, 0.3) is 0 Å². The van der Waals surface area contributed by atoms with Crippen molar-refractivity contribution >= 4 is 51.8 Å². The fraction of sp³-hybridized carbons (Fsp3) is 0.211. The van der Waals surface area contributed by atoms with Gasteiger partial charge in [-0.2, -0.15) is 5.10 Å². The first-order chi connectivity index (χ1) is 13.0. The largest absolute Gasteiger partial charge is 0.464 e. The third-order valence-electron chi connectivity index (χ3n) is 4.26. The monoisotopic (exact) mass is 399 g/mol. The molecule has 6 nitrogen and oxygen atoms in total. The second-order valence-electron chi connectivity index (χ2n) is 6.05. The number of methoxy groups -OCH3 is 1. The maximum Gasteiger partial charge on any atom is 0.365 e. The van der Waals surface area contributed by atoms with Gasteiger partial charge in [-0.15, -0.1) is 0 Å². The van der Waals surface area contributed by atoms with Crippen LogP contribution in [0.5, 0.6) is 0 Å². The first-order valence-electron chi connectivity index (χ1n) is 8.30. The van der Waals surface area contributed by atoms with Gasteiger partial charge in [0.2, 0.25) is 15.3 Å². The number of amides is 1. The van der Waals surface area contributed by atoms with Crippen molar-refractivity contribution in [1.82, 2.24) is 0 Å². The number of aryl methyl sites for hydroxylation is 1. The molecule has 1 atom stereocenters. The number of carbonyl (C=O) groups is 2. The van der Waals surface area contributed by atoms with Crippen molar-refractivity contribution in [2.45, 2.75) is 11.3 Å². The van der Waals surface area contributed by atoms with Gasteiger partial charge in [-0.1, -0.05) is 47.7 Å². The molecule has 4 rings (SSSR count). The number of carbonyl (C=O) groups excluding carboxylic acids is 2. The maximum absolute atomic E-state index is 12.8. The van der Waals surface area contributed by atoms with E-state index < -0.39 is 10.3 Å². The molecular formula is C19H17N3O3S2. The smallest absolute Gasteiger partial charge is 0.365 e. The van der Waals surface area contributed by atoms with Crippen LogP contribution in [-0.2, 0) is 14.3 Å². The van der Waals surface area contributed by atoms with Gasteiger partial charge in [-0.25, -0.2) is 9.80 Å². The van der Waals surface area contributed by atoms with Crippen molar-refractivity contribution in [3.05, 3.63) is 60.2 Å². The summed E-state index contributed by atoms with van der Waals surface area (Å²) in [6.07, 6.45) is 0. The van der Waals surface area contributed by atoms with Gasteiger partial charge in [0, 0.05) is 5.69 Å². The van der Waals surface area contributed by atoms with Crippen LogP contribution < -0.4 is 9.91 Å². The Balaban J connectivity index is 1.84. The van der Waals surface area contributed by atoms with Crippen LogP contribution in [0.4, 0.5) is 11.4 Å². The number of rotatable bonds is 3. The number of benzene rings is 2. The summed E-state index contributed by atoms with van der Waals surface area (Å²) in [5.74, 6) is -0.243. The molecule has 0 unspecified atom stereocenters. The summed E-state index contributed by atoms with van der Waals surface area (Å²) < 4.78 is 3.97. The third-order valence-corrected chi connectivity index (χ3v) is 7.05. The average Bonchev–Trinajstić information content (AvgIpc) is 3.23. The Morgan fingerprint density at radius 3 is 2.48 bits per heavy atom. The van der Waals surface area contributed by atoms with Crippen LogP contribution in [0.3, 0.4) is 0 Å². The molecule has 0 saturated carbocycles. The number of anilines is 2. The topological polar surface area (TPSA) is 62.2 Å². The summed E-state index contributed by atoms with van der Waals surface area (Å²) in [6.45, 7) is 2.01. The minimum atomic E-state index is -0.906. The minimum Gasteiger partial charge on any atom is -0.464 e. The second-order valence-corrected chi connectivity index (χ2v) is 8.61. The fourth-order valence-corrected chi connectivity index (χ4v) is 5.74. The lowest BCUT2D eigenvalue weighted by molar-refractivity contribution is -0.132. The first-order valence-corrected chi connectivity index (χ1v) is 10.1. The van der Waals surface area contributed by atoms with Crippen molar-refractivity contribution < 1.29 is 14.3 Å². The number of ether oxygens (including phenoxy) is 1. The zero-order valence-electron chi connectivity index (χ0n) is 14.8. The molecule has 2 aromatic rings. The molecule has 1 saturated heterocycles. The van der Waals surface area contributed by atoms with Crippen LogP contribution in [0.25, 0.3) is 0 Å². The Morgan fingerprint density at radius 1 is 1.11 bits per heavy atom. The van der Waals surface area contributed by atoms with Crippen LogP contribution in [0.15, 0.2) is 59.7 Å².